The Balaban J connectivity index is 1.55. The number of ether oxygens (including phenoxy) is 2. The number of nitrogens with zero attached hydrogens (tertiary/aromatic N) is 4. The van der Waals surface area contributed by atoms with E-state index < -0.39 is 0 Å². The van der Waals surface area contributed by atoms with Crippen LogP contribution in [0.3, 0.4) is 0 Å². The summed E-state index contributed by atoms with van der Waals surface area (Å²) in [6.45, 7) is 5.50. The van der Waals surface area contributed by atoms with Crippen molar-refractivity contribution in [3.05, 3.63) is 71.5 Å². The number of fused-ring (bicyclic) bond motifs is 2. The van der Waals surface area contributed by atoms with Gasteiger partial charge in [-0.3, -0.25) is 0 Å². The van der Waals surface area contributed by atoms with Crippen LogP contribution in [0, 0.1) is 6.92 Å². The number of esters is 1. The fourth-order valence-electron chi connectivity index (χ4n) is 4.65. The van der Waals surface area contributed by atoms with Crippen molar-refractivity contribution in [2.75, 3.05) is 50.3 Å². The van der Waals surface area contributed by atoms with Crippen molar-refractivity contribution in [1.82, 2.24) is 15.0 Å². The Morgan fingerprint density at radius 2 is 1.97 bits per heavy atom. The largest absolute Gasteiger partial charge is 0.465 e. The molecule has 0 spiro atoms. The zero-order chi connectivity index (χ0) is 24.4. The number of carbonyl (C=O) groups is 1. The molecular formula is C27H29N5O3. The average Bonchev–Trinajstić information content (AvgIpc) is 3.37. The Hall–Kier alpha value is -3.91. The van der Waals surface area contributed by atoms with Crippen LogP contribution in [-0.4, -0.2) is 61.4 Å². The predicted molar refractivity (Wildman–Crippen MR) is 137 cm³/mol. The molecule has 0 aliphatic carbocycles. The fraction of sp³-hybridized carbons (Fsp3) is 0.296. The lowest BCUT2D eigenvalue weighted by molar-refractivity contribution is 0.0599. The van der Waals surface area contributed by atoms with Crippen LogP contribution in [0.5, 0.6) is 0 Å². The third kappa shape index (κ3) is 4.44. The van der Waals surface area contributed by atoms with Crippen molar-refractivity contribution in [3.63, 3.8) is 0 Å². The summed E-state index contributed by atoms with van der Waals surface area (Å²) in [5.74, 6) is 1.23. The van der Waals surface area contributed by atoms with Gasteiger partial charge in [-0.2, -0.15) is 0 Å². The number of anilines is 2. The number of benzene rings is 2. The number of aromatic nitrogens is 3. The molecule has 1 aliphatic rings. The molecule has 0 saturated carbocycles. The molecule has 0 saturated heterocycles. The van der Waals surface area contributed by atoms with E-state index in [0.29, 0.717) is 24.5 Å². The third-order valence-electron chi connectivity index (χ3n) is 6.46. The van der Waals surface area contributed by atoms with Crippen molar-refractivity contribution in [1.29, 1.82) is 0 Å². The topological polar surface area (TPSA) is 83.6 Å². The number of aryl methyl sites for hydroxylation is 1. The Morgan fingerprint density at radius 1 is 1.11 bits per heavy atom. The Morgan fingerprint density at radius 3 is 2.80 bits per heavy atom. The number of rotatable bonds is 7. The van der Waals surface area contributed by atoms with Gasteiger partial charge in [0.05, 0.1) is 31.2 Å². The van der Waals surface area contributed by atoms with Gasteiger partial charge in [0.25, 0.3) is 0 Å². The minimum atomic E-state index is -0.329. The lowest BCUT2D eigenvalue weighted by atomic mass is 10.0. The molecule has 0 bridgehead atoms. The molecule has 3 heterocycles. The summed E-state index contributed by atoms with van der Waals surface area (Å²) in [5.41, 5.74) is 5.58. The van der Waals surface area contributed by atoms with Gasteiger partial charge in [-0.05, 0) is 30.7 Å². The summed E-state index contributed by atoms with van der Waals surface area (Å²) in [6.07, 6.45) is 3.83. The minimum Gasteiger partial charge on any atom is -0.465 e. The second-order valence-electron chi connectivity index (χ2n) is 8.70. The molecule has 1 aliphatic heterocycles. The summed E-state index contributed by atoms with van der Waals surface area (Å²) in [4.78, 5) is 30.0. The molecule has 2 aromatic heterocycles. The maximum absolute atomic E-state index is 12.4. The highest BCUT2D eigenvalue weighted by atomic mass is 16.5. The number of carbonyl (C=O) groups excluding carboxylic acids is 1. The second kappa shape index (κ2) is 9.76. The lowest BCUT2D eigenvalue weighted by Gasteiger charge is -2.38. The Bertz CT molecular complexity index is 1370. The van der Waals surface area contributed by atoms with Crippen LogP contribution in [0.25, 0.3) is 22.3 Å². The average molecular weight is 472 g/mol. The van der Waals surface area contributed by atoms with Crippen LogP contribution in [0.1, 0.15) is 21.5 Å². The molecule has 180 valence electrons. The number of hydrogen-bond acceptors (Lipinski definition) is 7. The maximum Gasteiger partial charge on any atom is 0.338 e. The number of hydrogen-bond donors (Lipinski definition) is 1. The molecule has 0 amide bonds. The molecule has 8 heteroatoms. The van der Waals surface area contributed by atoms with Crippen LogP contribution in [0.4, 0.5) is 11.5 Å². The van der Waals surface area contributed by atoms with Gasteiger partial charge in [-0.15, -0.1) is 0 Å². The summed E-state index contributed by atoms with van der Waals surface area (Å²) >= 11 is 0. The van der Waals surface area contributed by atoms with Gasteiger partial charge in [0.15, 0.2) is 11.6 Å². The van der Waals surface area contributed by atoms with Gasteiger partial charge in [-0.25, -0.2) is 14.8 Å². The SMILES string of the molecule is COCCN1CCN(Cc2cc(C)ccc2C(=O)OC)c2cnc(-c3cccc4[nH]ccc34)nc21. The van der Waals surface area contributed by atoms with Crippen LogP contribution in [0.15, 0.2) is 54.9 Å². The van der Waals surface area contributed by atoms with E-state index in [0.717, 1.165) is 58.7 Å². The van der Waals surface area contributed by atoms with Gasteiger partial charge in [0.1, 0.15) is 0 Å². The molecule has 0 fully saturated rings. The highest BCUT2D eigenvalue weighted by Crippen LogP contribution is 2.35. The molecule has 5 rings (SSSR count). The van der Waals surface area contributed by atoms with Gasteiger partial charge < -0.3 is 24.3 Å². The van der Waals surface area contributed by atoms with E-state index in [1.54, 1.807) is 7.11 Å². The molecule has 2 aromatic carbocycles. The van der Waals surface area contributed by atoms with Gasteiger partial charge in [0, 0.05) is 56.0 Å². The van der Waals surface area contributed by atoms with Crippen molar-refractivity contribution < 1.29 is 14.3 Å². The first-order valence-corrected chi connectivity index (χ1v) is 11.7. The van der Waals surface area contributed by atoms with Crippen LogP contribution >= 0.6 is 0 Å². The number of aromatic amines is 1. The Kier molecular flexibility index (Phi) is 6.37. The van der Waals surface area contributed by atoms with E-state index >= 15 is 0 Å². The molecule has 4 aromatic rings. The van der Waals surface area contributed by atoms with Crippen LogP contribution < -0.4 is 9.80 Å². The van der Waals surface area contributed by atoms with Crippen molar-refractivity contribution in [3.8, 4) is 11.4 Å². The minimum absolute atomic E-state index is 0.329. The molecular weight excluding hydrogens is 442 g/mol. The van der Waals surface area contributed by atoms with E-state index in [-0.39, 0.29) is 5.97 Å². The van der Waals surface area contributed by atoms with Gasteiger partial charge in [0.2, 0.25) is 0 Å². The molecule has 8 nitrogen and oxygen atoms in total. The Labute approximate surface area is 204 Å². The fourth-order valence-corrected chi connectivity index (χ4v) is 4.65. The first-order valence-electron chi connectivity index (χ1n) is 11.7. The van der Waals surface area contributed by atoms with Crippen LogP contribution in [-0.2, 0) is 16.0 Å². The summed E-state index contributed by atoms with van der Waals surface area (Å²) in [5, 5.41) is 1.09. The van der Waals surface area contributed by atoms with E-state index in [2.05, 4.69) is 20.9 Å². The predicted octanol–water partition coefficient (Wildman–Crippen LogP) is 4.19. The monoisotopic (exact) mass is 471 g/mol. The summed E-state index contributed by atoms with van der Waals surface area (Å²) < 4.78 is 10.4. The van der Waals surface area contributed by atoms with E-state index in [9.17, 15) is 4.79 Å². The van der Waals surface area contributed by atoms with Crippen molar-refractivity contribution in [2.45, 2.75) is 13.5 Å². The number of nitrogens with one attached hydrogen (secondary N) is 1. The normalized spacial score (nSPS) is 13.2. The van der Waals surface area contributed by atoms with Crippen molar-refractivity contribution in [2.24, 2.45) is 0 Å². The second-order valence-corrected chi connectivity index (χ2v) is 8.70. The van der Waals surface area contributed by atoms with Gasteiger partial charge >= 0.3 is 5.97 Å². The summed E-state index contributed by atoms with van der Waals surface area (Å²) in [6, 6.07) is 14.0. The van der Waals surface area contributed by atoms with E-state index in [1.807, 2.05) is 55.7 Å². The highest BCUT2D eigenvalue weighted by molar-refractivity contribution is 5.94. The first kappa shape index (κ1) is 22.9. The molecule has 35 heavy (non-hydrogen) atoms. The third-order valence-corrected chi connectivity index (χ3v) is 6.46. The summed E-state index contributed by atoms with van der Waals surface area (Å²) in [7, 11) is 3.12. The standard InChI is InChI=1S/C27H29N5O3/c1-18-7-8-20(27(33)35-3)19(15-18)17-32-12-11-31(13-14-34-2)26-24(32)16-29-25(30-26)22-5-4-6-23-21(22)9-10-28-23/h4-10,15-16,28H,11-14,17H2,1-3H3. The lowest BCUT2D eigenvalue weighted by Crippen LogP contribution is -2.43. The smallest absolute Gasteiger partial charge is 0.338 e. The first-order chi connectivity index (χ1) is 17.1. The van der Waals surface area contributed by atoms with Crippen LogP contribution in [0.2, 0.25) is 0 Å². The zero-order valence-electron chi connectivity index (χ0n) is 20.2. The zero-order valence-corrected chi connectivity index (χ0v) is 20.2. The van der Waals surface area contributed by atoms with E-state index in [1.165, 1.54) is 7.11 Å². The van der Waals surface area contributed by atoms with E-state index in [4.69, 9.17) is 19.4 Å². The van der Waals surface area contributed by atoms with Crippen molar-refractivity contribution >= 4 is 28.4 Å². The quantitative estimate of drug-likeness (QED) is 0.405. The highest BCUT2D eigenvalue weighted by Gasteiger charge is 2.27. The molecule has 1 N–H and O–H groups in total. The number of H-pyrrole nitrogens is 1. The molecule has 0 unspecified atom stereocenters. The van der Waals surface area contributed by atoms with Gasteiger partial charge in [-0.1, -0.05) is 29.8 Å². The molecule has 0 radical (unpaired) electrons. The number of methoxy groups -OCH3 is 2. The molecule has 0 atom stereocenters. The maximum atomic E-state index is 12.4.